The molecule has 0 aromatic heterocycles. The van der Waals surface area contributed by atoms with Gasteiger partial charge in [0.2, 0.25) is 0 Å². The van der Waals surface area contributed by atoms with E-state index in [1.165, 1.54) is 0 Å². The van der Waals surface area contributed by atoms with Gasteiger partial charge in [-0.25, -0.2) is 0 Å². The number of rotatable bonds is 2. The van der Waals surface area contributed by atoms with Crippen LogP contribution >= 0.6 is 0 Å². The van der Waals surface area contributed by atoms with Gasteiger partial charge in [-0.2, -0.15) is 0 Å². The summed E-state index contributed by atoms with van der Waals surface area (Å²) < 4.78 is 5.04. The maximum atomic E-state index is 11.1. The second-order valence-electron chi connectivity index (χ2n) is 3.81. The number of hydrogen-bond donors (Lipinski definition) is 0. The summed E-state index contributed by atoms with van der Waals surface area (Å²) in [5.74, 6) is 0.772. The second kappa shape index (κ2) is 3.24. The SMILES string of the molecule is CC(C)C[C@H]1C[C@@H](C)OC1=O. The number of hydrogen-bond acceptors (Lipinski definition) is 2. The fourth-order valence-corrected chi connectivity index (χ4v) is 1.60. The Labute approximate surface area is 67.9 Å². The molecule has 0 aromatic carbocycles. The van der Waals surface area contributed by atoms with Gasteiger partial charge in [0.15, 0.2) is 0 Å². The van der Waals surface area contributed by atoms with Gasteiger partial charge in [-0.3, -0.25) is 4.79 Å². The van der Waals surface area contributed by atoms with E-state index < -0.39 is 0 Å². The Hall–Kier alpha value is -0.530. The smallest absolute Gasteiger partial charge is 0.309 e. The first-order valence-corrected chi connectivity index (χ1v) is 4.30. The first-order valence-electron chi connectivity index (χ1n) is 4.30. The van der Waals surface area contributed by atoms with Crippen LogP contribution in [0.15, 0.2) is 0 Å². The van der Waals surface area contributed by atoms with E-state index in [-0.39, 0.29) is 18.0 Å². The van der Waals surface area contributed by atoms with Crippen molar-refractivity contribution < 1.29 is 9.53 Å². The summed E-state index contributed by atoms with van der Waals surface area (Å²) in [4.78, 5) is 11.1. The second-order valence-corrected chi connectivity index (χ2v) is 3.81. The minimum Gasteiger partial charge on any atom is -0.462 e. The molecule has 1 saturated heterocycles. The topological polar surface area (TPSA) is 26.3 Å². The van der Waals surface area contributed by atoms with Crippen molar-refractivity contribution in [1.82, 2.24) is 0 Å². The highest BCUT2D eigenvalue weighted by molar-refractivity contribution is 5.74. The molecule has 2 heteroatoms. The van der Waals surface area contributed by atoms with Gasteiger partial charge < -0.3 is 4.74 Å². The molecule has 0 amide bonds. The van der Waals surface area contributed by atoms with Crippen molar-refractivity contribution in [2.45, 2.75) is 39.7 Å². The summed E-state index contributed by atoms with van der Waals surface area (Å²) in [6.45, 7) is 6.23. The highest BCUT2D eigenvalue weighted by atomic mass is 16.5. The molecule has 11 heavy (non-hydrogen) atoms. The zero-order chi connectivity index (χ0) is 8.43. The fraction of sp³-hybridized carbons (Fsp3) is 0.889. The van der Waals surface area contributed by atoms with E-state index in [9.17, 15) is 4.79 Å². The molecule has 1 aliphatic rings. The molecule has 0 saturated carbocycles. The molecule has 64 valence electrons. The Balaban J connectivity index is 2.41. The first kappa shape index (κ1) is 8.57. The van der Waals surface area contributed by atoms with E-state index in [2.05, 4.69) is 13.8 Å². The third-order valence-corrected chi connectivity index (χ3v) is 2.02. The molecule has 2 nitrogen and oxygen atoms in total. The zero-order valence-electron chi connectivity index (χ0n) is 7.46. The quantitative estimate of drug-likeness (QED) is 0.571. The molecule has 0 aliphatic carbocycles. The normalized spacial score (nSPS) is 31.1. The van der Waals surface area contributed by atoms with E-state index >= 15 is 0 Å². The van der Waals surface area contributed by atoms with Crippen LogP contribution in [0.4, 0.5) is 0 Å². The van der Waals surface area contributed by atoms with E-state index in [1.807, 2.05) is 6.92 Å². The van der Waals surface area contributed by atoms with Gasteiger partial charge in [-0.05, 0) is 25.7 Å². The van der Waals surface area contributed by atoms with Crippen LogP contribution in [-0.2, 0) is 9.53 Å². The molecule has 2 atom stereocenters. The highest BCUT2D eigenvalue weighted by Gasteiger charge is 2.31. The largest absolute Gasteiger partial charge is 0.462 e. The fourth-order valence-electron chi connectivity index (χ4n) is 1.60. The van der Waals surface area contributed by atoms with E-state index in [1.54, 1.807) is 0 Å². The van der Waals surface area contributed by atoms with Crippen LogP contribution in [0.1, 0.15) is 33.6 Å². The van der Waals surface area contributed by atoms with E-state index in [4.69, 9.17) is 4.74 Å². The molecule has 0 bridgehead atoms. The molecule has 0 aromatic rings. The molecular formula is C9H16O2. The summed E-state index contributed by atoms with van der Waals surface area (Å²) in [6, 6.07) is 0. The molecular weight excluding hydrogens is 140 g/mol. The molecule has 0 N–H and O–H groups in total. The molecule has 1 heterocycles. The van der Waals surface area contributed by atoms with Crippen LogP contribution in [0.25, 0.3) is 0 Å². The van der Waals surface area contributed by atoms with Gasteiger partial charge in [0, 0.05) is 0 Å². The molecule has 1 aliphatic heterocycles. The van der Waals surface area contributed by atoms with Crippen LogP contribution in [0.5, 0.6) is 0 Å². The first-order chi connectivity index (χ1) is 5.09. The standard InChI is InChI=1S/C9H16O2/c1-6(2)4-8-5-7(3)11-9(8)10/h6-8H,4-5H2,1-3H3/t7-,8+/m1/s1. The van der Waals surface area contributed by atoms with Gasteiger partial charge in [0.1, 0.15) is 0 Å². The average molecular weight is 156 g/mol. The van der Waals surface area contributed by atoms with Crippen molar-refractivity contribution in [3.63, 3.8) is 0 Å². The third-order valence-electron chi connectivity index (χ3n) is 2.02. The van der Waals surface area contributed by atoms with Gasteiger partial charge in [-0.1, -0.05) is 13.8 Å². The zero-order valence-corrected chi connectivity index (χ0v) is 7.46. The van der Waals surface area contributed by atoms with Gasteiger partial charge >= 0.3 is 5.97 Å². The minimum atomic E-state index is 0.00574. The Kier molecular flexibility index (Phi) is 2.53. The van der Waals surface area contributed by atoms with Crippen molar-refractivity contribution in [3.8, 4) is 0 Å². The van der Waals surface area contributed by atoms with Crippen molar-refractivity contribution in [2.24, 2.45) is 11.8 Å². The molecule has 0 unspecified atom stereocenters. The third kappa shape index (κ3) is 2.21. The van der Waals surface area contributed by atoms with Crippen LogP contribution in [-0.4, -0.2) is 12.1 Å². The number of esters is 1. The van der Waals surface area contributed by atoms with Crippen LogP contribution < -0.4 is 0 Å². The van der Waals surface area contributed by atoms with Crippen molar-refractivity contribution in [1.29, 1.82) is 0 Å². The maximum Gasteiger partial charge on any atom is 0.309 e. The summed E-state index contributed by atoms with van der Waals surface area (Å²) in [5.41, 5.74) is 0. The molecule has 1 fully saturated rings. The van der Waals surface area contributed by atoms with Gasteiger partial charge in [0.25, 0.3) is 0 Å². The van der Waals surface area contributed by atoms with Crippen molar-refractivity contribution in [2.75, 3.05) is 0 Å². The summed E-state index contributed by atoms with van der Waals surface area (Å²) in [5, 5.41) is 0. The Morgan fingerprint density at radius 1 is 1.64 bits per heavy atom. The molecule has 0 spiro atoms. The number of carbonyl (C=O) groups excluding carboxylic acids is 1. The van der Waals surface area contributed by atoms with E-state index in [0.717, 1.165) is 12.8 Å². The average Bonchev–Trinajstić information content (AvgIpc) is 2.09. The number of ether oxygens (including phenoxy) is 1. The van der Waals surface area contributed by atoms with Crippen molar-refractivity contribution >= 4 is 5.97 Å². The molecule has 0 radical (unpaired) electrons. The lowest BCUT2D eigenvalue weighted by Crippen LogP contribution is -2.09. The predicted octanol–water partition coefficient (Wildman–Crippen LogP) is 1.98. The van der Waals surface area contributed by atoms with Crippen LogP contribution in [0.3, 0.4) is 0 Å². The van der Waals surface area contributed by atoms with Crippen molar-refractivity contribution in [3.05, 3.63) is 0 Å². The number of carbonyl (C=O) groups is 1. The summed E-state index contributed by atoms with van der Waals surface area (Å²) in [6.07, 6.45) is 2.03. The monoisotopic (exact) mass is 156 g/mol. The lowest BCUT2D eigenvalue weighted by Gasteiger charge is -2.07. The highest BCUT2D eigenvalue weighted by Crippen LogP contribution is 2.26. The van der Waals surface area contributed by atoms with Crippen LogP contribution in [0.2, 0.25) is 0 Å². The maximum absolute atomic E-state index is 11.1. The van der Waals surface area contributed by atoms with E-state index in [0.29, 0.717) is 5.92 Å². The lowest BCUT2D eigenvalue weighted by molar-refractivity contribution is -0.144. The lowest BCUT2D eigenvalue weighted by atomic mass is 9.95. The minimum absolute atomic E-state index is 0.00574. The predicted molar refractivity (Wildman–Crippen MR) is 43.1 cm³/mol. The van der Waals surface area contributed by atoms with Gasteiger partial charge in [-0.15, -0.1) is 0 Å². The van der Waals surface area contributed by atoms with Gasteiger partial charge in [0.05, 0.1) is 12.0 Å². The Bertz CT molecular complexity index is 152. The number of cyclic esters (lactones) is 1. The molecule has 1 rings (SSSR count). The van der Waals surface area contributed by atoms with Crippen LogP contribution in [0, 0.1) is 11.8 Å². The summed E-state index contributed by atoms with van der Waals surface area (Å²) in [7, 11) is 0. The summed E-state index contributed by atoms with van der Waals surface area (Å²) >= 11 is 0. The Morgan fingerprint density at radius 3 is 2.64 bits per heavy atom. The Morgan fingerprint density at radius 2 is 2.27 bits per heavy atom.